The van der Waals surface area contributed by atoms with Gasteiger partial charge in [0.1, 0.15) is 0 Å². The Bertz CT molecular complexity index is 221. The van der Waals surface area contributed by atoms with E-state index < -0.39 is 0 Å². The number of nitrogens with one attached hydrogen (secondary N) is 2. The van der Waals surface area contributed by atoms with E-state index in [0.717, 1.165) is 45.2 Å². The van der Waals surface area contributed by atoms with Crippen LogP contribution in [0.2, 0.25) is 0 Å². The van der Waals surface area contributed by atoms with Gasteiger partial charge in [-0.3, -0.25) is 4.99 Å². The third-order valence-corrected chi connectivity index (χ3v) is 2.98. The van der Waals surface area contributed by atoms with E-state index >= 15 is 0 Å². The van der Waals surface area contributed by atoms with Crippen molar-refractivity contribution in [2.45, 2.75) is 32.6 Å². The van der Waals surface area contributed by atoms with Crippen molar-refractivity contribution in [2.24, 2.45) is 4.99 Å². The van der Waals surface area contributed by atoms with Crippen molar-refractivity contribution < 1.29 is 4.74 Å². The molecule has 0 saturated heterocycles. The van der Waals surface area contributed by atoms with E-state index in [-0.39, 0.29) is 0 Å². The molecule has 0 bridgehead atoms. The fourth-order valence-electron chi connectivity index (χ4n) is 1.72. The van der Waals surface area contributed by atoms with Crippen LogP contribution in [0.25, 0.3) is 0 Å². The van der Waals surface area contributed by atoms with Crippen LogP contribution in [-0.4, -0.2) is 64.9 Å². The van der Waals surface area contributed by atoms with Crippen LogP contribution in [0.15, 0.2) is 4.99 Å². The second-order valence-electron chi connectivity index (χ2n) is 4.78. The highest BCUT2D eigenvalue weighted by Gasteiger charge is 1.99. The predicted molar refractivity (Wildman–Crippen MR) is 82.9 cm³/mol. The van der Waals surface area contributed by atoms with Gasteiger partial charge in [-0.05, 0) is 26.4 Å². The molecule has 0 saturated carbocycles. The number of aliphatic imine (C=N–C) groups is 1. The number of methoxy groups -OCH3 is 1. The Kier molecular flexibility index (Phi) is 13.0. The maximum absolute atomic E-state index is 5.05. The first-order chi connectivity index (χ1) is 9.24. The van der Waals surface area contributed by atoms with Gasteiger partial charge in [0, 0.05) is 33.8 Å². The highest BCUT2D eigenvalue weighted by Crippen LogP contribution is 1.91. The summed E-state index contributed by atoms with van der Waals surface area (Å²) in [5.74, 6) is 0.913. The fourth-order valence-corrected chi connectivity index (χ4v) is 1.72. The van der Waals surface area contributed by atoms with Crippen LogP contribution >= 0.6 is 0 Å². The molecule has 0 spiro atoms. The van der Waals surface area contributed by atoms with Crippen molar-refractivity contribution in [3.63, 3.8) is 0 Å². The molecule has 5 heteroatoms. The molecular weight excluding hydrogens is 240 g/mol. The van der Waals surface area contributed by atoms with E-state index in [0.29, 0.717) is 0 Å². The van der Waals surface area contributed by atoms with E-state index in [1.54, 1.807) is 7.11 Å². The van der Waals surface area contributed by atoms with Crippen molar-refractivity contribution in [1.29, 1.82) is 0 Å². The average Bonchev–Trinajstić information content (AvgIpc) is 2.43. The summed E-state index contributed by atoms with van der Waals surface area (Å²) < 4.78 is 5.05. The first-order valence-corrected chi connectivity index (χ1v) is 7.36. The molecule has 0 unspecified atom stereocenters. The zero-order valence-corrected chi connectivity index (χ0v) is 13.2. The first-order valence-electron chi connectivity index (χ1n) is 7.36. The third-order valence-electron chi connectivity index (χ3n) is 2.98. The SMILES string of the molecule is CCCCCNC(=NC)NCCCN(C)CCOC. The largest absolute Gasteiger partial charge is 0.383 e. The van der Waals surface area contributed by atoms with Gasteiger partial charge in [0.05, 0.1) is 6.61 Å². The summed E-state index contributed by atoms with van der Waals surface area (Å²) in [7, 11) is 5.68. The standard InChI is InChI=1S/C14H32N4O/c1-5-6-7-9-16-14(15-2)17-10-8-11-18(3)12-13-19-4/h5-13H2,1-4H3,(H2,15,16,17). The van der Waals surface area contributed by atoms with Gasteiger partial charge in [0.25, 0.3) is 0 Å². The minimum atomic E-state index is 0.796. The summed E-state index contributed by atoms with van der Waals surface area (Å²) >= 11 is 0. The molecule has 0 radical (unpaired) electrons. The fraction of sp³-hybridized carbons (Fsp3) is 0.929. The van der Waals surface area contributed by atoms with Crippen LogP contribution in [0.1, 0.15) is 32.6 Å². The molecule has 0 aliphatic heterocycles. The third kappa shape index (κ3) is 12.0. The number of likely N-dealkylation sites (N-methyl/N-ethyl adjacent to an activating group) is 1. The molecule has 5 nitrogen and oxygen atoms in total. The Morgan fingerprint density at radius 2 is 1.79 bits per heavy atom. The van der Waals surface area contributed by atoms with Crippen LogP contribution in [0.3, 0.4) is 0 Å². The smallest absolute Gasteiger partial charge is 0.190 e. The Morgan fingerprint density at radius 3 is 2.37 bits per heavy atom. The summed E-state index contributed by atoms with van der Waals surface area (Å²) in [4.78, 5) is 6.49. The summed E-state index contributed by atoms with van der Waals surface area (Å²) in [6, 6.07) is 0. The molecule has 114 valence electrons. The zero-order valence-electron chi connectivity index (χ0n) is 13.2. The second-order valence-corrected chi connectivity index (χ2v) is 4.78. The molecule has 0 amide bonds. The van der Waals surface area contributed by atoms with Gasteiger partial charge in [-0.15, -0.1) is 0 Å². The minimum Gasteiger partial charge on any atom is -0.383 e. The Hall–Kier alpha value is -0.810. The molecule has 0 aromatic carbocycles. The van der Waals surface area contributed by atoms with E-state index in [9.17, 15) is 0 Å². The highest BCUT2D eigenvalue weighted by molar-refractivity contribution is 5.79. The van der Waals surface area contributed by atoms with Crippen LogP contribution in [0.4, 0.5) is 0 Å². The van der Waals surface area contributed by atoms with Crippen LogP contribution in [0.5, 0.6) is 0 Å². The van der Waals surface area contributed by atoms with Crippen molar-refractivity contribution in [2.75, 3.05) is 54.0 Å². The molecule has 0 fully saturated rings. The molecule has 0 atom stereocenters. The maximum Gasteiger partial charge on any atom is 0.190 e. The number of hydrogen-bond acceptors (Lipinski definition) is 3. The zero-order chi connectivity index (χ0) is 14.3. The molecule has 0 rings (SSSR count). The van der Waals surface area contributed by atoms with E-state index in [1.165, 1.54) is 19.3 Å². The molecule has 0 aromatic rings. The molecular formula is C14H32N4O. The van der Waals surface area contributed by atoms with Crippen LogP contribution < -0.4 is 10.6 Å². The van der Waals surface area contributed by atoms with Crippen molar-refractivity contribution >= 4 is 5.96 Å². The number of rotatable bonds is 11. The van der Waals surface area contributed by atoms with E-state index in [1.807, 2.05) is 7.05 Å². The predicted octanol–water partition coefficient (Wildman–Crippen LogP) is 1.31. The Labute approximate surface area is 118 Å². The molecule has 0 aliphatic carbocycles. The Balaban J connectivity index is 3.50. The van der Waals surface area contributed by atoms with Crippen LogP contribution in [0, 0.1) is 0 Å². The van der Waals surface area contributed by atoms with Gasteiger partial charge in [0.2, 0.25) is 0 Å². The molecule has 0 aliphatic rings. The second kappa shape index (κ2) is 13.6. The summed E-state index contributed by atoms with van der Waals surface area (Å²) in [6.07, 6.45) is 4.84. The average molecular weight is 272 g/mol. The van der Waals surface area contributed by atoms with Crippen molar-refractivity contribution in [3.8, 4) is 0 Å². The molecule has 2 N–H and O–H groups in total. The van der Waals surface area contributed by atoms with Gasteiger partial charge in [-0.1, -0.05) is 19.8 Å². The van der Waals surface area contributed by atoms with Gasteiger partial charge < -0.3 is 20.3 Å². The topological polar surface area (TPSA) is 48.9 Å². The lowest BCUT2D eigenvalue weighted by Gasteiger charge is -2.17. The lowest BCUT2D eigenvalue weighted by molar-refractivity contribution is 0.161. The van der Waals surface area contributed by atoms with Gasteiger partial charge in [0.15, 0.2) is 5.96 Å². The maximum atomic E-state index is 5.05. The lowest BCUT2D eigenvalue weighted by Crippen LogP contribution is -2.39. The number of hydrogen-bond donors (Lipinski definition) is 2. The summed E-state index contributed by atoms with van der Waals surface area (Å²) in [6.45, 7) is 7.02. The van der Waals surface area contributed by atoms with E-state index in [4.69, 9.17) is 4.74 Å². The molecule has 19 heavy (non-hydrogen) atoms. The number of guanidine groups is 1. The van der Waals surface area contributed by atoms with Crippen molar-refractivity contribution in [3.05, 3.63) is 0 Å². The van der Waals surface area contributed by atoms with Crippen molar-refractivity contribution in [1.82, 2.24) is 15.5 Å². The highest BCUT2D eigenvalue weighted by atomic mass is 16.5. The lowest BCUT2D eigenvalue weighted by atomic mass is 10.2. The number of nitrogens with zero attached hydrogens (tertiary/aromatic N) is 2. The number of ether oxygens (including phenoxy) is 1. The minimum absolute atomic E-state index is 0.796. The quantitative estimate of drug-likeness (QED) is 0.338. The molecule has 0 heterocycles. The normalized spacial score (nSPS) is 11.9. The summed E-state index contributed by atoms with van der Waals surface area (Å²) in [5, 5.41) is 6.67. The first kappa shape index (κ1) is 18.2. The van der Waals surface area contributed by atoms with Gasteiger partial charge >= 0.3 is 0 Å². The van der Waals surface area contributed by atoms with E-state index in [2.05, 4.69) is 34.5 Å². The van der Waals surface area contributed by atoms with Crippen LogP contribution in [-0.2, 0) is 4.74 Å². The summed E-state index contributed by atoms with van der Waals surface area (Å²) in [5.41, 5.74) is 0. The molecule has 0 aromatic heterocycles. The van der Waals surface area contributed by atoms with Gasteiger partial charge in [-0.25, -0.2) is 0 Å². The van der Waals surface area contributed by atoms with Gasteiger partial charge in [-0.2, -0.15) is 0 Å². The monoisotopic (exact) mass is 272 g/mol. The Morgan fingerprint density at radius 1 is 1.11 bits per heavy atom. The number of unbranched alkanes of at least 4 members (excludes halogenated alkanes) is 2.